The molecule has 0 spiro atoms. The number of urea groups is 1. The topological polar surface area (TPSA) is 114 Å². The minimum atomic E-state index is -1.49. The molecule has 0 saturated carbocycles. The van der Waals surface area contributed by atoms with Gasteiger partial charge in [0.05, 0.1) is 11.6 Å². The van der Waals surface area contributed by atoms with Gasteiger partial charge in [-0.15, -0.1) is 0 Å². The van der Waals surface area contributed by atoms with Crippen molar-refractivity contribution in [2.75, 3.05) is 18.5 Å². The highest BCUT2D eigenvalue weighted by molar-refractivity contribution is 5.91. The van der Waals surface area contributed by atoms with E-state index in [0.29, 0.717) is 11.3 Å². The van der Waals surface area contributed by atoms with Gasteiger partial charge in [-0.3, -0.25) is 4.90 Å². The Balaban J connectivity index is 2.50. The lowest BCUT2D eigenvalue weighted by Crippen LogP contribution is -2.39. The number of carbonyl (C=O) groups is 2. The van der Waals surface area contributed by atoms with Crippen LogP contribution in [0.5, 0.6) is 0 Å². The van der Waals surface area contributed by atoms with Crippen LogP contribution in [0.3, 0.4) is 0 Å². The van der Waals surface area contributed by atoms with Gasteiger partial charge in [0.1, 0.15) is 0 Å². The molecule has 1 atom stereocenters. The summed E-state index contributed by atoms with van der Waals surface area (Å²) in [4.78, 5) is 23.5. The van der Waals surface area contributed by atoms with Crippen LogP contribution in [0.4, 0.5) is 10.5 Å². The standard InChI is InChI=1S/C13H15N3O4/c1-16(10-4-2-9(8-14)3-5-10)13(20)15-7-6-11(17)12(18)19/h2-5,11,17H,6-7H2,1H3,(H,15,20)(H,18,19)/t11-/m0/s1. The first-order valence-corrected chi connectivity index (χ1v) is 5.88. The monoisotopic (exact) mass is 277 g/mol. The van der Waals surface area contributed by atoms with E-state index >= 15 is 0 Å². The molecule has 106 valence electrons. The number of aliphatic carboxylic acids is 1. The van der Waals surface area contributed by atoms with E-state index in [4.69, 9.17) is 15.5 Å². The fraction of sp³-hybridized carbons (Fsp3) is 0.308. The van der Waals surface area contributed by atoms with E-state index in [1.54, 1.807) is 31.3 Å². The number of nitriles is 1. The van der Waals surface area contributed by atoms with Crippen molar-refractivity contribution >= 4 is 17.7 Å². The van der Waals surface area contributed by atoms with E-state index < -0.39 is 18.1 Å². The molecule has 0 bridgehead atoms. The van der Waals surface area contributed by atoms with Crippen LogP contribution in [0, 0.1) is 11.3 Å². The van der Waals surface area contributed by atoms with Gasteiger partial charge in [-0.1, -0.05) is 0 Å². The van der Waals surface area contributed by atoms with Crippen molar-refractivity contribution in [2.45, 2.75) is 12.5 Å². The van der Waals surface area contributed by atoms with Crippen LogP contribution in [0.1, 0.15) is 12.0 Å². The first-order chi connectivity index (χ1) is 9.45. The quantitative estimate of drug-likeness (QED) is 0.726. The highest BCUT2D eigenvalue weighted by atomic mass is 16.4. The number of amides is 2. The second kappa shape index (κ2) is 7.11. The van der Waals surface area contributed by atoms with Gasteiger partial charge in [-0.05, 0) is 24.3 Å². The molecule has 2 amide bonds. The molecule has 3 N–H and O–H groups in total. The highest BCUT2D eigenvalue weighted by Crippen LogP contribution is 2.13. The molecule has 7 nitrogen and oxygen atoms in total. The molecular weight excluding hydrogens is 262 g/mol. The third-order valence-electron chi connectivity index (χ3n) is 2.67. The van der Waals surface area contributed by atoms with Gasteiger partial charge in [0.25, 0.3) is 0 Å². The second-order valence-corrected chi connectivity index (χ2v) is 4.09. The Kier molecular flexibility index (Phi) is 5.50. The van der Waals surface area contributed by atoms with Crippen molar-refractivity contribution in [2.24, 2.45) is 0 Å². The molecule has 0 aliphatic heterocycles. The molecule has 0 aromatic heterocycles. The van der Waals surface area contributed by atoms with E-state index in [0.717, 1.165) is 0 Å². The van der Waals surface area contributed by atoms with Crippen LogP contribution in [0.15, 0.2) is 24.3 Å². The van der Waals surface area contributed by atoms with Crippen molar-refractivity contribution in [3.8, 4) is 6.07 Å². The summed E-state index contributed by atoms with van der Waals surface area (Å²) >= 11 is 0. The number of carbonyl (C=O) groups excluding carboxylic acids is 1. The van der Waals surface area contributed by atoms with E-state index in [1.165, 1.54) is 4.90 Å². The highest BCUT2D eigenvalue weighted by Gasteiger charge is 2.14. The Hall–Kier alpha value is -2.59. The number of aliphatic hydroxyl groups excluding tert-OH is 1. The van der Waals surface area contributed by atoms with E-state index in [2.05, 4.69) is 5.32 Å². The molecule has 0 aliphatic carbocycles. The minimum absolute atomic E-state index is 0.0485. The average Bonchev–Trinajstić information content (AvgIpc) is 2.46. The summed E-state index contributed by atoms with van der Waals surface area (Å²) in [5, 5.41) is 28.7. The maximum absolute atomic E-state index is 11.8. The van der Waals surface area contributed by atoms with Crippen molar-refractivity contribution in [3.05, 3.63) is 29.8 Å². The number of nitrogens with zero attached hydrogens (tertiary/aromatic N) is 2. The molecule has 1 aromatic carbocycles. The average molecular weight is 277 g/mol. The van der Waals surface area contributed by atoms with Crippen molar-refractivity contribution < 1.29 is 19.8 Å². The van der Waals surface area contributed by atoms with Crippen molar-refractivity contribution in [1.29, 1.82) is 5.26 Å². The van der Waals surface area contributed by atoms with Crippen LogP contribution in [-0.2, 0) is 4.79 Å². The predicted octanol–water partition coefficient (Wildman–Crippen LogP) is 0.540. The van der Waals surface area contributed by atoms with Crippen LogP contribution < -0.4 is 10.2 Å². The molecular formula is C13H15N3O4. The fourth-order valence-electron chi connectivity index (χ4n) is 1.43. The number of rotatable bonds is 5. The Bertz CT molecular complexity index is 521. The predicted molar refractivity (Wildman–Crippen MR) is 71.2 cm³/mol. The first kappa shape index (κ1) is 15.5. The lowest BCUT2D eigenvalue weighted by molar-refractivity contribution is -0.146. The molecule has 0 saturated heterocycles. The van der Waals surface area contributed by atoms with Gasteiger partial charge in [-0.2, -0.15) is 5.26 Å². The van der Waals surface area contributed by atoms with Gasteiger partial charge in [0.15, 0.2) is 6.10 Å². The van der Waals surface area contributed by atoms with Crippen LogP contribution in [0.25, 0.3) is 0 Å². The Morgan fingerprint density at radius 3 is 2.50 bits per heavy atom. The Labute approximate surface area is 116 Å². The van der Waals surface area contributed by atoms with Gasteiger partial charge in [0, 0.05) is 25.7 Å². The molecule has 7 heteroatoms. The number of nitrogens with one attached hydrogen (secondary N) is 1. The first-order valence-electron chi connectivity index (χ1n) is 5.88. The van der Waals surface area contributed by atoms with Crippen LogP contribution in [-0.4, -0.2) is 41.9 Å². The van der Waals surface area contributed by atoms with Crippen LogP contribution >= 0.6 is 0 Å². The third kappa shape index (κ3) is 4.26. The molecule has 0 radical (unpaired) electrons. The SMILES string of the molecule is CN(C(=O)NCC[C@H](O)C(=O)O)c1ccc(C#N)cc1. The number of hydrogen-bond donors (Lipinski definition) is 3. The largest absolute Gasteiger partial charge is 0.479 e. The number of aliphatic hydroxyl groups is 1. The van der Waals surface area contributed by atoms with Gasteiger partial charge in [0.2, 0.25) is 0 Å². The number of hydrogen-bond acceptors (Lipinski definition) is 4. The summed E-state index contributed by atoms with van der Waals surface area (Å²) in [6.45, 7) is 0.0485. The van der Waals surface area contributed by atoms with Gasteiger partial charge < -0.3 is 15.5 Å². The smallest absolute Gasteiger partial charge is 0.332 e. The Morgan fingerprint density at radius 2 is 2.00 bits per heavy atom. The number of carboxylic acids is 1. The zero-order valence-corrected chi connectivity index (χ0v) is 10.9. The van der Waals surface area contributed by atoms with E-state index in [-0.39, 0.29) is 13.0 Å². The molecule has 0 heterocycles. The minimum Gasteiger partial charge on any atom is -0.479 e. The number of benzene rings is 1. The van der Waals surface area contributed by atoms with Gasteiger partial charge in [-0.25, -0.2) is 9.59 Å². The number of anilines is 1. The zero-order valence-electron chi connectivity index (χ0n) is 10.9. The summed E-state index contributed by atoms with van der Waals surface area (Å²) in [6, 6.07) is 7.99. The summed E-state index contributed by atoms with van der Waals surface area (Å²) in [5.74, 6) is -1.32. The molecule has 0 unspecified atom stereocenters. The summed E-state index contributed by atoms with van der Waals surface area (Å²) in [7, 11) is 1.55. The van der Waals surface area contributed by atoms with E-state index in [1.807, 2.05) is 6.07 Å². The lowest BCUT2D eigenvalue weighted by atomic mass is 10.2. The number of carboxylic acid groups (broad SMARTS) is 1. The second-order valence-electron chi connectivity index (χ2n) is 4.09. The molecule has 0 fully saturated rings. The molecule has 1 rings (SSSR count). The molecule has 20 heavy (non-hydrogen) atoms. The maximum Gasteiger partial charge on any atom is 0.332 e. The van der Waals surface area contributed by atoms with Crippen molar-refractivity contribution in [1.82, 2.24) is 5.32 Å². The summed E-state index contributed by atoms with van der Waals surface area (Å²) in [6.07, 6.45) is -1.56. The maximum atomic E-state index is 11.8. The van der Waals surface area contributed by atoms with Gasteiger partial charge >= 0.3 is 12.0 Å². The van der Waals surface area contributed by atoms with Crippen LogP contribution in [0.2, 0.25) is 0 Å². The third-order valence-corrected chi connectivity index (χ3v) is 2.67. The zero-order chi connectivity index (χ0) is 15.1. The van der Waals surface area contributed by atoms with E-state index in [9.17, 15) is 9.59 Å². The van der Waals surface area contributed by atoms with Crippen molar-refractivity contribution in [3.63, 3.8) is 0 Å². The Morgan fingerprint density at radius 1 is 1.40 bits per heavy atom. The lowest BCUT2D eigenvalue weighted by Gasteiger charge is -2.18. The fourth-order valence-corrected chi connectivity index (χ4v) is 1.43. The molecule has 0 aliphatic rings. The molecule has 1 aromatic rings. The normalized spacial score (nSPS) is 11.2. The summed E-state index contributed by atoms with van der Waals surface area (Å²) in [5.41, 5.74) is 1.09. The summed E-state index contributed by atoms with van der Waals surface area (Å²) < 4.78 is 0.